The molecule has 0 aliphatic heterocycles. The molecule has 100 valence electrons. The Bertz CT molecular complexity index is 303. The second-order valence-corrected chi connectivity index (χ2v) is 4.65. The van der Waals surface area contributed by atoms with Crippen molar-refractivity contribution < 1.29 is 4.74 Å². The lowest BCUT2D eigenvalue weighted by molar-refractivity contribution is 0.125. The van der Waals surface area contributed by atoms with Crippen LogP contribution in [0.4, 0.5) is 0 Å². The molecule has 0 aromatic heterocycles. The van der Waals surface area contributed by atoms with Gasteiger partial charge in [-0.05, 0) is 24.8 Å². The van der Waals surface area contributed by atoms with Gasteiger partial charge in [0.2, 0.25) is 0 Å². The molecule has 0 saturated carbocycles. The van der Waals surface area contributed by atoms with Gasteiger partial charge in [-0.1, -0.05) is 68.7 Å². The van der Waals surface area contributed by atoms with Gasteiger partial charge in [-0.15, -0.1) is 0 Å². The molecule has 18 heavy (non-hydrogen) atoms. The Morgan fingerprint density at radius 2 is 1.72 bits per heavy atom. The van der Waals surface area contributed by atoms with E-state index in [1.54, 1.807) is 0 Å². The Morgan fingerprint density at radius 3 is 2.50 bits per heavy atom. The van der Waals surface area contributed by atoms with Crippen molar-refractivity contribution in [2.45, 2.75) is 52.1 Å². The van der Waals surface area contributed by atoms with E-state index < -0.39 is 0 Å². The minimum atomic E-state index is 0.727. The molecule has 0 radical (unpaired) electrons. The summed E-state index contributed by atoms with van der Waals surface area (Å²) >= 11 is 0. The number of ether oxygens (including phenoxy) is 1. The summed E-state index contributed by atoms with van der Waals surface area (Å²) in [6.45, 7) is 3.80. The lowest BCUT2D eigenvalue weighted by Crippen LogP contribution is -1.93. The second-order valence-electron chi connectivity index (χ2n) is 4.65. The maximum Gasteiger partial charge on any atom is 0.0717 e. The second kappa shape index (κ2) is 11.0. The molecule has 1 heteroatoms. The largest absolute Gasteiger partial charge is 0.376 e. The predicted octanol–water partition coefficient (Wildman–Crippen LogP) is 5.12. The number of benzene rings is 1. The molecule has 0 atom stereocenters. The number of hydrogen-bond acceptors (Lipinski definition) is 1. The molecule has 0 unspecified atom stereocenters. The van der Waals surface area contributed by atoms with Crippen LogP contribution in [-0.2, 0) is 11.3 Å². The van der Waals surface area contributed by atoms with E-state index in [9.17, 15) is 0 Å². The quantitative estimate of drug-likeness (QED) is 0.411. The van der Waals surface area contributed by atoms with Crippen molar-refractivity contribution in [1.82, 2.24) is 0 Å². The molecule has 0 N–H and O–H groups in total. The Kier molecular flexibility index (Phi) is 9.18. The standard InChI is InChI=1S/C17H26O/c1-2-3-4-5-6-7-8-12-15-18-16-17-13-10-9-11-14-17/h7-11,13-14H,2-6,12,15-16H2,1H3/b8-7+. The monoisotopic (exact) mass is 246 g/mol. The van der Waals surface area contributed by atoms with Crippen molar-refractivity contribution in [1.29, 1.82) is 0 Å². The van der Waals surface area contributed by atoms with Gasteiger partial charge in [-0.25, -0.2) is 0 Å². The minimum absolute atomic E-state index is 0.727. The number of allylic oxidation sites excluding steroid dienone is 1. The third-order valence-electron chi connectivity index (χ3n) is 2.93. The van der Waals surface area contributed by atoms with Crippen molar-refractivity contribution in [3.8, 4) is 0 Å². The number of rotatable bonds is 10. The van der Waals surface area contributed by atoms with E-state index >= 15 is 0 Å². The average molecular weight is 246 g/mol. The zero-order valence-corrected chi connectivity index (χ0v) is 11.6. The van der Waals surface area contributed by atoms with Crippen LogP contribution in [-0.4, -0.2) is 6.61 Å². The highest BCUT2D eigenvalue weighted by molar-refractivity contribution is 5.13. The molecular formula is C17H26O. The molecular weight excluding hydrogens is 220 g/mol. The summed E-state index contributed by atoms with van der Waals surface area (Å²) in [7, 11) is 0. The molecule has 0 spiro atoms. The van der Waals surface area contributed by atoms with Gasteiger partial charge in [0.15, 0.2) is 0 Å². The van der Waals surface area contributed by atoms with Gasteiger partial charge in [-0.2, -0.15) is 0 Å². The fourth-order valence-electron chi connectivity index (χ4n) is 1.84. The fraction of sp³-hybridized carbons (Fsp3) is 0.529. The van der Waals surface area contributed by atoms with Crippen LogP contribution in [0.1, 0.15) is 51.0 Å². The lowest BCUT2D eigenvalue weighted by Gasteiger charge is -2.01. The summed E-state index contributed by atoms with van der Waals surface area (Å²) in [5, 5.41) is 0. The first kappa shape index (κ1) is 15.0. The SMILES string of the molecule is CCCCCC/C=C/CCOCc1ccccc1. The highest BCUT2D eigenvalue weighted by Gasteiger charge is 1.90. The third kappa shape index (κ3) is 8.08. The normalized spacial score (nSPS) is 11.2. The third-order valence-corrected chi connectivity index (χ3v) is 2.93. The van der Waals surface area contributed by atoms with E-state index in [1.165, 1.54) is 37.7 Å². The van der Waals surface area contributed by atoms with E-state index in [1.807, 2.05) is 6.07 Å². The minimum Gasteiger partial charge on any atom is -0.376 e. The van der Waals surface area contributed by atoms with Crippen molar-refractivity contribution >= 4 is 0 Å². The molecule has 0 amide bonds. The molecule has 0 aliphatic rings. The lowest BCUT2D eigenvalue weighted by atomic mass is 10.1. The molecule has 0 saturated heterocycles. The van der Waals surface area contributed by atoms with Gasteiger partial charge in [0.1, 0.15) is 0 Å². The summed E-state index contributed by atoms with van der Waals surface area (Å²) in [5.74, 6) is 0. The Morgan fingerprint density at radius 1 is 0.944 bits per heavy atom. The van der Waals surface area contributed by atoms with Crippen molar-refractivity contribution in [2.75, 3.05) is 6.61 Å². The molecule has 0 heterocycles. The van der Waals surface area contributed by atoms with Crippen molar-refractivity contribution in [3.63, 3.8) is 0 Å². The van der Waals surface area contributed by atoms with Crippen molar-refractivity contribution in [2.24, 2.45) is 0 Å². The van der Waals surface area contributed by atoms with Gasteiger partial charge in [-0.3, -0.25) is 0 Å². The van der Waals surface area contributed by atoms with Crippen LogP contribution >= 0.6 is 0 Å². The van der Waals surface area contributed by atoms with Crippen molar-refractivity contribution in [3.05, 3.63) is 48.0 Å². The predicted molar refractivity (Wildman–Crippen MR) is 78.6 cm³/mol. The molecule has 0 aliphatic carbocycles. The average Bonchev–Trinajstić information content (AvgIpc) is 2.42. The highest BCUT2D eigenvalue weighted by Crippen LogP contribution is 2.04. The highest BCUT2D eigenvalue weighted by atomic mass is 16.5. The molecule has 1 aromatic carbocycles. The van der Waals surface area contributed by atoms with Crippen LogP contribution in [0.2, 0.25) is 0 Å². The summed E-state index contributed by atoms with van der Waals surface area (Å²) in [4.78, 5) is 0. The molecule has 0 fully saturated rings. The smallest absolute Gasteiger partial charge is 0.0717 e. The first-order chi connectivity index (χ1) is 8.93. The van der Waals surface area contributed by atoms with E-state index in [0.717, 1.165) is 19.6 Å². The van der Waals surface area contributed by atoms with E-state index in [-0.39, 0.29) is 0 Å². The fourth-order valence-corrected chi connectivity index (χ4v) is 1.84. The summed E-state index contributed by atoms with van der Waals surface area (Å²) in [6.07, 6.45) is 12.2. The van der Waals surface area contributed by atoms with E-state index in [0.29, 0.717) is 0 Å². The van der Waals surface area contributed by atoms with Gasteiger partial charge in [0.25, 0.3) is 0 Å². The summed E-state index contributed by atoms with van der Waals surface area (Å²) in [5.41, 5.74) is 1.25. The molecule has 1 nitrogen and oxygen atoms in total. The van der Waals surface area contributed by atoms with Crippen LogP contribution in [0, 0.1) is 0 Å². The molecule has 1 rings (SSSR count). The van der Waals surface area contributed by atoms with Gasteiger partial charge in [0, 0.05) is 0 Å². The van der Waals surface area contributed by atoms with Gasteiger partial charge < -0.3 is 4.74 Å². The first-order valence-electron chi connectivity index (χ1n) is 7.20. The Hall–Kier alpha value is -1.08. The number of unbranched alkanes of at least 4 members (excludes halogenated alkanes) is 4. The maximum atomic E-state index is 5.61. The van der Waals surface area contributed by atoms with E-state index in [4.69, 9.17) is 4.74 Å². The Labute approximate surface area is 112 Å². The summed E-state index contributed by atoms with van der Waals surface area (Å²) < 4.78 is 5.61. The summed E-state index contributed by atoms with van der Waals surface area (Å²) in [6, 6.07) is 10.3. The van der Waals surface area contributed by atoms with Crippen LogP contribution in [0.25, 0.3) is 0 Å². The van der Waals surface area contributed by atoms with Gasteiger partial charge >= 0.3 is 0 Å². The van der Waals surface area contributed by atoms with Crippen LogP contribution < -0.4 is 0 Å². The van der Waals surface area contributed by atoms with Crippen LogP contribution in [0.3, 0.4) is 0 Å². The zero-order chi connectivity index (χ0) is 12.9. The topological polar surface area (TPSA) is 9.23 Å². The molecule has 1 aromatic rings. The van der Waals surface area contributed by atoms with Crippen LogP contribution in [0.5, 0.6) is 0 Å². The van der Waals surface area contributed by atoms with E-state index in [2.05, 4.69) is 43.3 Å². The zero-order valence-electron chi connectivity index (χ0n) is 11.6. The maximum absolute atomic E-state index is 5.61. The van der Waals surface area contributed by atoms with Gasteiger partial charge in [0.05, 0.1) is 13.2 Å². The Balaban J connectivity index is 1.91. The molecule has 0 bridgehead atoms. The van der Waals surface area contributed by atoms with Crippen LogP contribution in [0.15, 0.2) is 42.5 Å². The first-order valence-corrected chi connectivity index (χ1v) is 7.20. The number of hydrogen-bond donors (Lipinski definition) is 0.